The highest BCUT2D eigenvalue weighted by Gasteiger charge is 2.35. The van der Waals surface area contributed by atoms with E-state index in [1.807, 2.05) is 16.8 Å². The Bertz CT molecular complexity index is 291. The lowest BCUT2D eigenvalue weighted by atomic mass is 10.4. The van der Waals surface area contributed by atoms with Crippen molar-refractivity contribution < 1.29 is 4.84 Å². The molecule has 2 rings (SSSR count). The summed E-state index contributed by atoms with van der Waals surface area (Å²) in [5.41, 5.74) is 1.17. The number of nitriles is 1. The molecule has 2 atom stereocenters. The van der Waals surface area contributed by atoms with Gasteiger partial charge < -0.3 is 0 Å². The third kappa shape index (κ3) is 1.64. The normalized spacial score (nSPS) is 26.6. The van der Waals surface area contributed by atoms with Gasteiger partial charge in [-0.1, -0.05) is 0 Å². The number of hydrogen-bond donors (Lipinski definition) is 0. The van der Waals surface area contributed by atoms with Crippen molar-refractivity contribution in [2.45, 2.75) is 12.6 Å². The molecule has 0 N–H and O–H groups in total. The first-order chi connectivity index (χ1) is 5.90. The summed E-state index contributed by atoms with van der Waals surface area (Å²) in [6, 6.07) is 4.14. The summed E-state index contributed by atoms with van der Waals surface area (Å²) < 4.78 is 0. The fourth-order valence-corrected chi connectivity index (χ4v) is 1.56. The summed E-state index contributed by atoms with van der Waals surface area (Å²) in [6.07, 6.45) is 0. The topological polar surface area (TPSA) is 36.0 Å². The molecule has 0 aromatic carbocycles. The van der Waals surface area contributed by atoms with E-state index in [1.54, 1.807) is 16.4 Å². The zero-order valence-electron chi connectivity index (χ0n) is 6.43. The molecule has 2 unspecified atom stereocenters. The molecular weight excluding hydrogens is 172 g/mol. The summed E-state index contributed by atoms with van der Waals surface area (Å²) in [7, 11) is 0. The van der Waals surface area contributed by atoms with Crippen LogP contribution in [-0.4, -0.2) is 17.6 Å². The molecule has 12 heavy (non-hydrogen) atoms. The monoisotopic (exact) mass is 180 g/mol. The smallest absolute Gasteiger partial charge is 0.137 e. The third-order valence-electron chi connectivity index (χ3n) is 1.69. The van der Waals surface area contributed by atoms with Crippen LogP contribution in [0.3, 0.4) is 0 Å². The molecule has 2 heterocycles. The first-order valence-electron chi connectivity index (χ1n) is 3.70. The van der Waals surface area contributed by atoms with Crippen LogP contribution in [0.4, 0.5) is 0 Å². The first kappa shape index (κ1) is 7.74. The van der Waals surface area contributed by atoms with Crippen LogP contribution in [0, 0.1) is 11.3 Å². The largest absolute Gasteiger partial charge is 0.293 e. The molecule has 1 fully saturated rings. The molecule has 1 aliphatic heterocycles. The van der Waals surface area contributed by atoms with Gasteiger partial charge >= 0.3 is 0 Å². The number of nitrogens with zero attached hydrogens (tertiary/aromatic N) is 2. The fourth-order valence-electron chi connectivity index (χ4n) is 0.903. The van der Waals surface area contributed by atoms with E-state index in [2.05, 4.69) is 6.07 Å². The molecule has 3 nitrogen and oxygen atoms in total. The van der Waals surface area contributed by atoms with Gasteiger partial charge in [-0.2, -0.15) is 21.7 Å². The molecule has 1 saturated heterocycles. The van der Waals surface area contributed by atoms with E-state index < -0.39 is 0 Å². The van der Waals surface area contributed by atoms with Crippen molar-refractivity contribution in [3.05, 3.63) is 22.4 Å². The summed E-state index contributed by atoms with van der Waals surface area (Å²) in [5, 5.41) is 14.2. The summed E-state index contributed by atoms with van der Waals surface area (Å²) >= 11 is 1.65. The maximum atomic E-state index is 8.46. The van der Waals surface area contributed by atoms with Gasteiger partial charge in [-0.15, -0.1) is 0 Å². The van der Waals surface area contributed by atoms with Crippen LogP contribution < -0.4 is 0 Å². The van der Waals surface area contributed by atoms with Gasteiger partial charge in [-0.3, -0.25) is 4.84 Å². The molecule has 0 amide bonds. The Morgan fingerprint density at radius 1 is 1.83 bits per heavy atom. The van der Waals surface area contributed by atoms with Gasteiger partial charge in [0.25, 0.3) is 0 Å². The molecule has 0 aliphatic carbocycles. The summed E-state index contributed by atoms with van der Waals surface area (Å²) in [4.78, 5) is 5.32. The van der Waals surface area contributed by atoms with Gasteiger partial charge in [0, 0.05) is 0 Å². The minimum absolute atomic E-state index is 0.0105. The highest BCUT2D eigenvalue weighted by molar-refractivity contribution is 7.07. The van der Waals surface area contributed by atoms with Crippen molar-refractivity contribution in [1.29, 1.82) is 5.26 Å². The minimum Gasteiger partial charge on any atom is -0.293 e. The van der Waals surface area contributed by atoms with Gasteiger partial charge in [-0.25, -0.2) is 0 Å². The van der Waals surface area contributed by atoms with Crippen LogP contribution in [0.5, 0.6) is 0 Å². The Morgan fingerprint density at radius 3 is 3.33 bits per heavy atom. The van der Waals surface area contributed by atoms with Crippen molar-refractivity contribution in [3.63, 3.8) is 0 Å². The zero-order valence-corrected chi connectivity index (χ0v) is 7.25. The molecule has 4 heteroatoms. The van der Waals surface area contributed by atoms with Gasteiger partial charge in [0.05, 0.1) is 19.2 Å². The van der Waals surface area contributed by atoms with E-state index in [0.717, 1.165) is 6.54 Å². The van der Waals surface area contributed by atoms with Crippen molar-refractivity contribution in [2.24, 2.45) is 0 Å². The fraction of sp³-hybridized carbons (Fsp3) is 0.375. The van der Waals surface area contributed by atoms with Gasteiger partial charge in [0.1, 0.15) is 6.04 Å². The van der Waals surface area contributed by atoms with E-state index in [0.29, 0.717) is 6.61 Å². The van der Waals surface area contributed by atoms with E-state index >= 15 is 0 Å². The number of hydrogen-bond acceptors (Lipinski definition) is 4. The van der Waals surface area contributed by atoms with Crippen molar-refractivity contribution in [3.8, 4) is 6.07 Å². The lowest BCUT2D eigenvalue weighted by Crippen LogP contribution is -2.01. The summed E-state index contributed by atoms with van der Waals surface area (Å²) in [6.45, 7) is 1.34. The molecule has 0 radical (unpaired) electrons. The van der Waals surface area contributed by atoms with Crippen LogP contribution in [0.2, 0.25) is 0 Å². The highest BCUT2D eigenvalue weighted by Crippen LogP contribution is 2.18. The lowest BCUT2D eigenvalue weighted by molar-refractivity contribution is -0.0825. The quantitative estimate of drug-likeness (QED) is 0.659. The van der Waals surface area contributed by atoms with Crippen LogP contribution in [-0.2, 0) is 11.4 Å². The second kappa shape index (κ2) is 3.23. The second-order valence-electron chi connectivity index (χ2n) is 2.65. The Balaban J connectivity index is 1.75. The van der Waals surface area contributed by atoms with E-state index in [9.17, 15) is 0 Å². The Labute approximate surface area is 74.7 Å². The molecule has 0 bridgehead atoms. The number of hydroxylamine groups is 2. The van der Waals surface area contributed by atoms with E-state index in [-0.39, 0.29) is 6.04 Å². The van der Waals surface area contributed by atoms with Gasteiger partial charge in [0.15, 0.2) is 0 Å². The lowest BCUT2D eigenvalue weighted by Gasteiger charge is -1.99. The minimum atomic E-state index is -0.0105. The third-order valence-corrected chi connectivity index (χ3v) is 2.43. The second-order valence-corrected chi connectivity index (χ2v) is 3.43. The maximum Gasteiger partial charge on any atom is 0.137 e. The average Bonchev–Trinajstić information content (AvgIpc) is 2.67. The zero-order chi connectivity index (χ0) is 8.39. The van der Waals surface area contributed by atoms with Gasteiger partial charge in [-0.05, 0) is 22.4 Å². The molecule has 62 valence electrons. The first-order valence-corrected chi connectivity index (χ1v) is 4.64. The van der Waals surface area contributed by atoms with E-state index in [1.165, 1.54) is 5.56 Å². The standard InChI is InChI=1S/C8H8N2OS/c9-3-8-4-10(8)11-5-7-1-2-12-6-7/h1-2,6,8H,4-5H2. The van der Waals surface area contributed by atoms with Crippen LogP contribution >= 0.6 is 11.3 Å². The molecule has 0 saturated carbocycles. The predicted octanol–water partition coefficient (Wildman–Crippen LogP) is 1.39. The number of rotatable bonds is 3. The molecule has 1 aromatic heterocycles. The van der Waals surface area contributed by atoms with E-state index in [4.69, 9.17) is 10.1 Å². The predicted molar refractivity (Wildman–Crippen MR) is 45.2 cm³/mol. The van der Waals surface area contributed by atoms with Crippen molar-refractivity contribution in [2.75, 3.05) is 6.54 Å². The van der Waals surface area contributed by atoms with Crippen LogP contribution in [0.1, 0.15) is 5.56 Å². The number of thiophene rings is 1. The molecule has 1 aliphatic rings. The molecule has 1 aromatic rings. The Kier molecular flexibility index (Phi) is 2.09. The average molecular weight is 180 g/mol. The Hall–Kier alpha value is -0.890. The molecule has 0 spiro atoms. The maximum absolute atomic E-state index is 8.46. The Morgan fingerprint density at radius 2 is 2.75 bits per heavy atom. The van der Waals surface area contributed by atoms with Crippen LogP contribution in [0.25, 0.3) is 0 Å². The van der Waals surface area contributed by atoms with Crippen LogP contribution in [0.15, 0.2) is 16.8 Å². The SMILES string of the molecule is N#CC1CN1OCc1ccsc1. The summed E-state index contributed by atoms with van der Waals surface area (Å²) in [5.74, 6) is 0. The highest BCUT2D eigenvalue weighted by atomic mass is 32.1. The molecular formula is C8H8N2OS. The van der Waals surface area contributed by atoms with Crippen molar-refractivity contribution in [1.82, 2.24) is 5.06 Å². The van der Waals surface area contributed by atoms with Gasteiger partial charge in [0.2, 0.25) is 0 Å². The van der Waals surface area contributed by atoms with Crippen molar-refractivity contribution >= 4 is 11.3 Å².